The van der Waals surface area contributed by atoms with Gasteiger partial charge in [-0.3, -0.25) is 6.08 Å². The first-order valence-electron chi connectivity index (χ1n) is 8.68. The van der Waals surface area contributed by atoms with Gasteiger partial charge >= 0.3 is 26.2 Å². The van der Waals surface area contributed by atoms with Gasteiger partial charge in [0.15, 0.2) is 0 Å². The van der Waals surface area contributed by atoms with E-state index in [1.807, 2.05) is 84.9 Å². The number of benzene rings is 3. The van der Waals surface area contributed by atoms with Gasteiger partial charge in [-0.05, 0) is 0 Å². The van der Waals surface area contributed by atoms with Crippen molar-refractivity contribution in [3.8, 4) is 0 Å². The Morgan fingerprint density at radius 1 is 0.593 bits per heavy atom. The molecule has 1 aliphatic rings. The van der Waals surface area contributed by atoms with Crippen LogP contribution in [0.1, 0.15) is 23.1 Å². The van der Waals surface area contributed by atoms with Crippen LogP contribution in [0.3, 0.4) is 0 Å². The molecule has 0 N–H and O–H groups in total. The zero-order valence-electron chi connectivity index (χ0n) is 16.4. The van der Waals surface area contributed by atoms with E-state index in [0.717, 1.165) is 6.42 Å². The maximum Gasteiger partial charge on any atom is 4.00 e. The van der Waals surface area contributed by atoms with Crippen molar-refractivity contribution in [1.82, 2.24) is 0 Å². The van der Waals surface area contributed by atoms with E-state index in [9.17, 15) is 0 Å². The van der Waals surface area contributed by atoms with E-state index >= 15 is 0 Å². The van der Waals surface area contributed by atoms with Crippen molar-refractivity contribution in [2.24, 2.45) is 0 Å². The van der Waals surface area contributed by atoms with Crippen molar-refractivity contribution in [3.63, 3.8) is 0 Å². The first-order valence-corrected chi connectivity index (χ1v) is 8.68. The van der Waals surface area contributed by atoms with Gasteiger partial charge in [0, 0.05) is 0 Å². The molecule has 0 aliphatic heterocycles. The summed E-state index contributed by atoms with van der Waals surface area (Å²) in [7, 11) is 0. The first kappa shape index (κ1) is 25.0. The molecule has 0 spiro atoms. The molecular formula is C26H26Zr. The van der Waals surface area contributed by atoms with Crippen molar-refractivity contribution in [2.45, 2.75) is 27.2 Å². The van der Waals surface area contributed by atoms with Crippen LogP contribution in [0.5, 0.6) is 0 Å². The monoisotopic (exact) mass is 428 g/mol. The van der Waals surface area contributed by atoms with E-state index in [1.54, 1.807) is 0 Å². The van der Waals surface area contributed by atoms with E-state index in [0.29, 0.717) is 0 Å². The number of hydrogen-bond donors (Lipinski definition) is 0. The molecule has 0 saturated carbocycles. The zero-order chi connectivity index (χ0) is 18.9. The minimum atomic E-state index is 0. The summed E-state index contributed by atoms with van der Waals surface area (Å²) in [4.78, 5) is 0. The topological polar surface area (TPSA) is 0 Å². The van der Waals surface area contributed by atoms with Gasteiger partial charge in [0.1, 0.15) is 0 Å². The molecule has 27 heavy (non-hydrogen) atoms. The molecule has 0 amide bonds. The smallest absolute Gasteiger partial charge is 0.273 e. The number of hydrogen-bond acceptors (Lipinski definition) is 0. The molecule has 3 aromatic carbocycles. The second kappa shape index (κ2) is 17.4. The van der Waals surface area contributed by atoms with Crippen LogP contribution in [0.4, 0.5) is 0 Å². The Morgan fingerprint density at radius 3 is 1.04 bits per heavy atom. The SMILES string of the molecule is Cc1cc[c-]cc1.Cc1cc[c-]cc1.Cc1cc[c-]cc1.[C-]1=CC=CC1.[Zr+4]. The van der Waals surface area contributed by atoms with Crippen molar-refractivity contribution in [3.05, 3.63) is 132 Å². The van der Waals surface area contributed by atoms with Gasteiger partial charge in [-0.2, -0.15) is 114 Å². The summed E-state index contributed by atoms with van der Waals surface area (Å²) < 4.78 is 0. The second-order valence-electron chi connectivity index (χ2n) is 5.74. The van der Waals surface area contributed by atoms with E-state index in [-0.39, 0.29) is 26.2 Å². The van der Waals surface area contributed by atoms with Gasteiger partial charge in [0.25, 0.3) is 0 Å². The minimum Gasteiger partial charge on any atom is -0.273 e. The second-order valence-corrected chi connectivity index (χ2v) is 5.74. The molecule has 0 fully saturated rings. The van der Waals surface area contributed by atoms with Crippen LogP contribution >= 0.6 is 0 Å². The molecule has 1 aliphatic carbocycles. The summed E-state index contributed by atoms with van der Waals surface area (Å²) in [5.74, 6) is 0. The summed E-state index contributed by atoms with van der Waals surface area (Å²) in [6, 6.07) is 32.4. The first-order chi connectivity index (χ1) is 12.7. The van der Waals surface area contributed by atoms with E-state index in [4.69, 9.17) is 0 Å². The summed E-state index contributed by atoms with van der Waals surface area (Å²) in [6.45, 7) is 6.19. The van der Waals surface area contributed by atoms with Gasteiger partial charge in [0.05, 0.1) is 0 Å². The molecule has 0 saturated heterocycles. The summed E-state index contributed by atoms with van der Waals surface area (Å²) in [5.41, 5.74) is 3.87. The number of rotatable bonds is 0. The van der Waals surface area contributed by atoms with Crippen LogP contribution in [0.15, 0.2) is 91.0 Å². The van der Waals surface area contributed by atoms with E-state index in [2.05, 4.69) is 51.1 Å². The Kier molecular flexibility index (Phi) is 16.2. The predicted octanol–water partition coefficient (Wildman–Crippen LogP) is 6.69. The number of allylic oxidation sites excluding steroid dienone is 4. The van der Waals surface area contributed by atoms with Crippen molar-refractivity contribution in [1.29, 1.82) is 0 Å². The van der Waals surface area contributed by atoms with Gasteiger partial charge in [-0.25, -0.2) is 12.2 Å². The fourth-order valence-electron chi connectivity index (χ4n) is 1.75. The Morgan fingerprint density at radius 2 is 0.926 bits per heavy atom. The zero-order valence-corrected chi connectivity index (χ0v) is 18.8. The standard InChI is InChI=1S/3C7H7.C5H5.Zr/c3*1-7-5-3-2-4-6-7;1-2-4-5-3-1;/h3*3-6H,1H3;1-3H,4H2;/q4*-1;+4. The predicted molar refractivity (Wildman–Crippen MR) is 112 cm³/mol. The molecule has 1 heteroatoms. The van der Waals surface area contributed by atoms with Gasteiger partial charge in [0.2, 0.25) is 0 Å². The van der Waals surface area contributed by atoms with Crippen LogP contribution in [-0.4, -0.2) is 0 Å². The van der Waals surface area contributed by atoms with Crippen molar-refractivity contribution in [2.75, 3.05) is 0 Å². The molecule has 3 aromatic rings. The molecule has 134 valence electrons. The average Bonchev–Trinajstić information content (AvgIpc) is 3.25. The maximum absolute atomic E-state index is 2.99. The third-order valence-electron chi connectivity index (χ3n) is 3.24. The molecule has 0 unspecified atom stereocenters. The van der Waals surface area contributed by atoms with Gasteiger partial charge in [-0.15, -0.1) is 6.42 Å². The Labute approximate surface area is 184 Å². The van der Waals surface area contributed by atoms with E-state index < -0.39 is 0 Å². The molecule has 0 aromatic heterocycles. The summed E-state index contributed by atoms with van der Waals surface area (Å²) in [5, 5.41) is 0. The Hall–Kier alpha value is -1.98. The van der Waals surface area contributed by atoms with Crippen molar-refractivity contribution < 1.29 is 26.2 Å². The largest absolute Gasteiger partial charge is 4.00 e. The minimum absolute atomic E-state index is 0. The average molecular weight is 430 g/mol. The summed E-state index contributed by atoms with van der Waals surface area (Å²) in [6.07, 6.45) is 10.0. The van der Waals surface area contributed by atoms with Crippen LogP contribution in [0.25, 0.3) is 0 Å². The number of aryl methyl sites for hydroxylation is 3. The molecular weight excluding hydrogens is 404 g/mol. The third kappa shape index (κ3) is 16.0. The third-order valence-corrected chi connectivity index (χ3v) is 3.24. The van der Waals surface area contributed by atoms with Gasteiger partial charge in [-0.1, -0.05) is 20.8 Å². The van der Waals surface area contributed by atoms with Gasteiger partial charge < -0.3 is 0 Å². The summed E-state index contributed by atoms with van der Waals surface area (Å²) >= 11 is 0. The molecule has 0 radical (unpaired) electrons. The van der Waals surface area contributed by atoms with Crippen molar-refractivity contribution >= 4 is 0 Å². The van der Waals surface area contributed by atoms with Crippen LogP contribution in [0.2, 0.25) is 0 Å². The molecule has 0 bridgehead atoms. The van der Waals surface area contributed by atoms with Crippen LogP contribution in [-0.2, 0) is 26.2 Å². The normalized spacial score (nSPS) is 10.0. The maximum atomic E-state index is 2.99. The fourth-order valence-corrected chi connectivity index (χ4v) is 1.75. The molecule has 4 rings (SSSR count). The Balaban J connectivity index is 0.000000332. The quantitative estimate of drug-likeness (QED) is 0.349. The van der Waals surface area contributed by atoms with E-state index in [1.165, 1.54) is 16.7 Å². The molecule has 0 nitrogen and oxygen atoms in total. The fraction of sp³-hybridized carbons (Fsp3) is 0.154. The van der Waals surface area contributed by atoms with Crippen LogP contribution in [0, 0.1) is 45.0 Å². The molecule has 0 heterocycles. The van der Waals surface area contributed by atoms with Crippen LogP contribution < -0.4 is 0 Å². The molecule has 0 atom stereocenters. The Bertz CT molecular complexity index is 630.